The molecule has 4 heteroatoms. The van der Waals surface area contributed by atoms with Gasteiger partial charge in [0, 0.05) is 25.1 Å². The largest absolute Gasteiger partial charge is 0.396 e. The van der Waals surface area contributed by atoms with E-state index in [4.69, 9.17) is 5.11 Å². The average molecular weight is 200 g/mol. The van der Waals surface area contributed by atoms with Crippen molar-refractivity contribution in [2.24, 2.45) is 5.41 Å². The van der Waals surface area contributed by atoms with E-state index in [9.17, 15) is 4.79 Å². The fourth-order valence-corrected chi connectivity index (χ4v) is 1.56. The minimum atomic E-state index is -0.194. The second-order valence-electron chi connectivity index (χ2n) is 4.67. The van der Waals surface area contributed by atoms with Crippen LogP contribution in [0.3, 0.4) is 0 Å². The van der Waals surface area contributed by atoms with E-state index < -0.39 is 0 Å². The van der Waals surface area contributed by atoms with Gasteiger partial charge in [0.1, 0.15) is 0 Å². The highest BCUT2D eigenvalue weighted by Crippen LogP contribution is 2.16. The Morgan fingerprint density at radius 3 is 2.93 bits per heavy atom. The van der Waals surface area contributed by atoms with E-state index in [1.165, 1.54) is 0 Å². The van der Waals surface area contributed by atoms with Crippen LogP contribution >= 0.6 is 0 Å². The third-order valence-electron chi connectivity index (χ3n) is 2.46. The van der Waals surface area contributed by atoms with E-state index in [2.05, 4.69) is 5.32 Å². The summed E-state index contributed by atoms with van der Waals surface area (Å²) in [6.45, 7) is 6.84. The van der Waals surface area contributed by atoms with E-state index in [1.807, 2.05) is 18.7 Å². The number of nitrogens with zero attached hydrogens (tertiary/aromatic N) is 1. The topological polar surface area (TPSA) is 52.6 Å². The maximum atomic E-state index is 11.6. The summed E-state index contributed by atoms with van der Waals surface area (Å²) in [7, 11) is 0. The first kappa shape index (κ1) is 11.5. The van der Waals surface area contributed by atoms with Crippen molar-refractivity contribution in [3.8, 4) is 0 Å². The molecule has 0 spiro atoms. The summed E-state index contributed by atoms with van der Waals surface area (Å²) in [5.41, 5.74) is -0.194. The molecule has 1 saturated heterocycles. The molecule has 1 fully saturated rings. The first-order chi connectivity index (χ1) is 6.55. The van der Waals surface area contributed by atoms with Crippen molar-refractivity contribution in [1.82, 2.24) is 10.2 Å². The molecule has 82 valence electrons. The summed E-state index contributed by atoms with van der Waals surface area (Å²) >= 11 is 0. The van der Waals surface area contributed by atoms with E-state index in [-0.39, 0.29) is 17.9 Å². The minimum Gasteiger partial charge on any atom is -0.396 e. The van der Waals surface area contributed by atoms with Crippen LogP contribution in [0.5, 0.6) is 0 Å². The fourth-order valence-electron chi connectivity index (χ4n) is 1.56. The third kappa shape index (κ3) is 3.27. The second kappa shape index (κ2) is 4.75. The molecule has 14 heavy (non-hydrogen) atoms. The van der Waals surface area contributed by atoms with Gasteiger partial charge >= 0.3 is 0 Å². The number of amides is 1. The molecule has 1 aliphatic rings. The summed E-state index contributed by atoms with van der Waals surface area (Å²) in [5, 5.41) is 12.2. The molecule has 0 saturated carbocycles. The zero-order valence-electron chi connectivity index (χ0n) is 9.05. The van der Waals surface area contributed by atoms with Crippen LogP contribution in [0.1, 0.15) is 20.3 Å². The molecule has 0 aromatic rings. The van der Waals surface area contributed by atoms with Crippen LogP contribution in [0, 0.1) is 5.41 Å². The monoisotopic (exact) mass is 200 g/mol. The molecule has 0 radical (unpaired) electrons. The highest BCUT2D eigenvalue weighted by Gasteiger charge is 2.24. The third-order valence-corrected chi connectivity index (χ3v) is 2.46. The van der Waals surface area contributed by atoms with Crippen LogP contribution in [0.2, 0.25) is 0 Å². The van der Waals surface area contributed by atoms with Gasteiger partial charge in [-0.15, -0.1) is 0 Å². The molecule has 0 aliphatic carbocycles. The molecule has 0 aromatic carbocycles. The van der Waals surface area contributed by atoms with E-state index in [1.54, 1.807) is 0 Å². The first-order valence-electron chi connectivity index (χ1n) is 5.14. The van der Waals surface area contributed by atoms with Gasteiger partial charge in [-0.3, -0.25) is 4.79 Å². The Morgan fingerprint density at radius 2 is 2.29 bits per heavy atom. The quantitative estimate of drug-likeness (QED) is 0.665. The Balaban J connectivity index is 2.52. The molecule has 0 unspecified atom stereocenters. The Hall–Kier alpha value is -0.610. The van der Waals surface area contributed by atoms with Gasteiger partial charge < -0.3 is 15.3 Å². The zero-order valence-corrected chi connectivity index (χ0v) is 9.05. The Kier molecular flexibility index (Phi) is 3.89. The van der Waals surface area contributed by atoms with Crippen LogP contribution in [0.4, 0.5) is 0 Å². The van der Waals surface area contributed by atoms with Crippen molar-refractivity contribution in [2.45, 2.75) is 20.3 Å². The molecule has 0 atom stereocenters. The highest BCUT2D eigenvalue weighted by molar-refractivity contribution is 5.78. The summed E-state index contributed by atoms with van der Waals surface area (Å²) in [5.74, 6) is 0.143. The second-order valence-corrected chi connectivity index (χ2v) is 4.67. The Labute approximate surface area is 85.3 Å². The van der Waals surface area contributed by atoms with Crippen LogP contribution in [-0.4, -0.2) is 48.7 Å². The van der Waals surface area contributed by atoms with Gasteiger partial charge in [0.25, 0.3) is 0 Å². The molecule has 1 heterocycles. The lowest BCUT2D eigenvalue weighted by Crippen LogP contribution is -2.42. The maximum Gasteiger partial charge on any atom is 0.236 e. The highest BCUT2D eigenvalue weighted by atomic mass is 16.3. The standard InChI is InChI=1S/C10H20N2O2/c1-10(2,8-13)7-12-5-3-4-11-6-9(12)14/h11,13H,3-8H2,1-2H3. The average Bonchev–Trinajstić information content (AvgIpc) is 2.32. The van der Waals surface area contributed by atoms with Crippen molar-refractivity contribution in [2.75, 3.05) is 32.8 Å². The van der Waals surface area contributed by atoms with Gasteiger partial charge in [0.15, 0.2) is 0 Å². The van der Waals surface area contributed by atoms with Crippen LogP contribution in [-0.2, 0) is 4.79 Å². The molecule has 0 aromatic heterocycles. The lowest BCUT2D eigenvalue weighted by atomic mass is 9.94. The van der Waals surface area contributed by atoms with Gasteiger partial charge in [-0.2, -0.15) is 0 Å². The van der Waals surface area contributed by atoms with Crippen molar-refractivity contribution >= 4 is 5.91 Å². The van der Waals surface area contributed by atoms with Crippen molar-refractivity contribution in [1.29, 1.82) is 0 Å². The minimum absolute atomic E-state index is 0.115. The molecule has 1 aliphatic heterocycles. The SMILES string of the molecule is CC(C)(CO)CN1CCCNCC1=O. The first-order valence-corrected chi connectivity index (χ1v) is 5.14. The van der Waals surface area contributed by atoms with Gasteiger partial charge in [-0.05, 0) is 13.0 Å². The van der Waals surface area contributed by atoms with E-state index >= 15 is 0 Å². The van der Waals surface area contributed by atoms with Crippen LogP contribution in [0.25, 0.3) is 0 Å². The molecule has 1 rings (SSSR count). The predicted molar refractivity (Wildman–Crippen MR) is 54.9 cm³/mol. The van der Waals surface area contributed by atoms with E-state index in [0.29, 0.717) is 13.1 Å². The van der Waals surface area contributed by atoms with Gasteiger partial charge in [-0.1, -0.05) is 13.8 Å². The summed E-state index contributed by atoms with van der Waals surface area (Å²) in [6.07, 6.45) is 0.993. The van der Waals surface area contributed by atoms with Crippen molar-refractivity contribution in [3.05, 3.63) is 0 Å². The molecule has 4 nitrogen and oxygen atoms in total. The number of aliphatic hydroxyl groups is 1. The molecule has 2 N–H and O–H groups in total. The lowest BCUT2D eigenvalue weighted by molar-refractivity contribution is -0.131. The predicted octanol–water partition coefficient (Wildman–Crippen LogP) is -0.173. The summed E-state index contributed by atoms with van der Waals surface area (Å²) < 4.78 is 0. The van der Waals surface area contributed by atoms with Gasteiger partial charge in [0.05, 0.1) is 6.54 Å². The number of hydrogen-bond donors (Lipinski definition) is 2. The Bertz CT molecular complexity index is 204. The maximum absolute atomic E-state index is 11.6. The molecule has 1 amide bonds. The van der Waals surface area contributed by atoms with Gasteiger partial charge in [-0.25, -0.2) is 0 Å². The number of nitrogens with one attached hydrogen (secondary N) is 1. The van der Waals surface area contributed by atoms with Gasteiger partial charge in [0.2, 0.25) is 5.91 Å². The number of carbonyl (C=O) groups is 1. The van der Waals surface area contributed by atoms with E-state index in [0.717, 1.165) is 19.5 Å². The summed E-state index contributed by atoms with van der Waals surface area (Å²) in [6, 6.07) is 0. The molecular weight excluding hydrogens is 180 g/mol. The Morgan fingerprint density at radius 1 is 1.57 bits per heavy atom. The number of aliphatic hydroxyl groups excluding tert-OH is 1. The van der Waals surface area contributed by atoms with Crippen LogP contribution < -0.4 is 5.32 Å². The smallest absolute Gasteiger partial charge is 0.236 e. The normalized spacial score (nSPS) is 19.6. The van der Waals surface area contributed by atoms with Crippen molar-refractivity contribution < 1.29 is 9.90 Å². The van der Waals surface area contributed by atoms with Crippen LogP contribution in [0.15, 0.2) is 0 Å². The number of rotatable bonds is 3. The number of hydrogen-bond acceptors (Lipinski definition) is 3. The number of carbonyl (C=O) groups excluding carboxylic acids is 1. The lowest BCUT2D eigenvalue weighted by Gasteiger charge is -2.30. The van der Waals surface area contributed by atoms with Crippen molar-refractivity contribution in [3.63, 3.8) is 0 Å². The fraction of sp³-hybridized carbons (Fsp3) is 0.900. The summed E-state index contributed by atoms with van der Waals surface area (Å²) in [4.78, 5) is 13.4. The molecular formula is C10H20N2O2. The zero-order chi connectivity index (χ0) is 10.6. The molecule has 0 bridgehead atoms.